The highest BCUT2D eigenvalue weighted by molar-refractivity contribution is 8.15. The molecule has 0 bridgehead atoms. The Morgan fingerprint density at radius 2 is 1.90 bits per heavy atom. The van der Waals surface area contributed by atoms with E-state index < -0.39 is 0 Å². The second-order valence-electron chi connectivity index (χ2n) is 6.50. The molecule has 3 rings (SSSR count). The molecule has 0 spiro atoms. The topological polar surface area (TPSA) is 121 Å². The molecule has 1 aliphatic rings. The molecule has 0 amide bonds. The summed E-state index contributed by atoms with van der Waals surface area (Å²) in [6.45, 7) is 4.16. The van der Waals surface area contributed by atoms with Gasteiger partial charge in [0.2, 0.25) is 0 Å². The van der Waals surface area contributed by atoms with Crippen molar-refractivity contribution < 1.29 is 0 Å². The molecule has 0 fully saturated rings. The summed E-state index contributed by atoms with van der Waals surface area (Å²) in [5.41, 5.74) is 5.62. The monoisotopic (exact) mass is 405 g/mol. The lowest BCUT2D eigenvalue weighted by molar-refractivity contribution is 1.03. The minimum absolute atomic E-state index is 0.398. The predicted molar refractivity (Wildman–Crippen MR) is 121 cm³/mol. The number of aromatic nitrogens is 2. The van der Waals surface area contributed by atoms with Crippen LogP contribution in [0.15, 0.2) is 47.1 Å². The van der Waals surface area contributed by atoms with E-state index in [2.05, 4.69) is 20.6 Å². The largest absolute Gasteiger partial charge is 0.388 e. The number of hydrogen-bond acceptors (Lipinski definition) is 8. The molecule has 7 nitrogen and oxygen atoms in total. The SMILES string of the molecule is CN/C(=C\C=N)c1ccc(CNc2ncnc3c2SC(=N)/C3=C(/C)C(C)=N)cc1. The van der Waals surface area contributed by atoms with Gasteiger partial charge in [0.05, 0.1) is 10.6 Å². The third kappa shape index (κ3) is 4.27. The third-order valence-corrected chi connectivity index (χ3v) is 5.65. The lowest BCUT2D eigenvalue weighted by atomic mass is 10.0. The van der Waals surface area contributed by atoms with E-state index in [4.69, 9.17) is 16.2 Å². The molecule has 0 radical (unpaired) electrons. The molecule has 8 heteroatoms. The van der Waals surface area contributed by atoms with Crippen LogP contribution in [-0.2, 0) is 6.54 Å². The molecular weight excluding hydrogens is 382 g/mol. The van der Waals surface area contributed by atoms with Crippen molar-refractivity contribution in [2.24, 2.45) is 0 Å². The Hall–Kier alpha value is -3.26. The normalized spacial score (nSPS) is 15.0. The number of nitrogens with zero attached hydrogens (tertiary/aromatic N) is 2. The molecule has 1 aromatic heterocycles. The predicted octanol–water partition coefficient (Wildman–Crippen LogP) is 4.19. The maximum atomic E-state index is 8.31. The molecule has 0 aliphatic carbocycles. The fourth-order valence-corrected chi connectivity index (χ4v) is 3.99. The zero-order valence-corrected chi connectivity index (χ0v) is 17.4. The summed E-state index contributed by atoms with van der Waals surface area (Å²) in [6, 6.07) is 8.08. The smallest absolute Gasteiger partial charge is 0.144 e. The zero-order chi connectivity index (χ0) is 21.0. The van der Waals surface area contributed by atoms with Crippen molar-refractivity contribution in [2.75, 3.05) is 12.4 Å². The number of fused-ring (bicyclic) bond motifs is 1. The Morgan fingerprint density at radius 1 is 1.17 bits per heavy atom. The van der Waals surface area contributed by atoms with E-state index in [1.165, 1.54) is 24.3 Å². The van der Waals surface area contributed by atoms with E-state index in [-0.39, 0.29) is 0 Å². The van der Waals surface area contributed by atoms with Gasteiger partial charge in [-0.2, -0.15) is 0 Å². The minimum Gasteiger partial charge on any atom is -0.388 e. The average Bonchev–Trinajstić information content (AvgIpc) is 3.06. The highest BCUT2D eigenvalue weighted by atomic mass is 32.2. The molecule has 0 saturated carbocycles. The van der Waals surface area contributed by atoms with Gasteiger partial charge in [-0.05, 0) is 36.6 Å². The van der Waals surface area contributed by atoms with Crippen molar-refractivity contribution in [1.82, 2.24) is 15.3 Å². The van der Waals surface area contributed by atoms with Crippen molar-refractivity contribution in [3.8, 4) is 0 Å². The molecule has 2 aromatic rings. The highest BCUT2D eigenvalue weighted by Crippen LogP contribution is 2.44. The lowest BCUT2D eigenvalue weighted by Gasteiger charge is -2.11. The van der Waals surface area contributed by atoms with E-state index in [9.17, 15) is 0 Å². The fraction of sp³-hybridized carbons (Fsp3) is 0.190. The Morgan fingerprint density at radius 3 is 2.52 bits per heavy atom. The van der Waals surface area contributed by atoms with Gasteiger partial charge in [0.15, 0.2) is 0 Å². The Balaban J connectivity index is 1.81. The summed E-state index contributed by atoms with van der Waals surface area (Å²) in [5, 5.41) is 30.3. The van der Waals surface area contributed by atoms with Gasteiger partial charge in [0.25, 0.3) is 0 Å². The summed E-state index contributed by atoms with van der Waals surface area (Å²) >= 11 is 1.33. The van der Waals surface area contributed by atoms with Crippen LogP contribution in [0.4, 0.5) is 5.82 Å². The molecule has 148 valence electrons. The van der Waals surface area contributed by atoms with E-state index >= 15 is 0 Å². The van der Waals surface area contributed by atoms with Crippen LogP contribution >= 0.6 is 11.8 Å². The van der Waals surface area contributed by atoms with Gasteiger partial charge < -0.3 is 21.5 Å². The maximum absolute atomic E-state index is 8.31. The minimum atomic E-state index is 0.398. The number of thioether (sulfide) groups is 1. The van der Waals surface area contributed by atoms with E-state index in [0.717, 1.165) is 27.3 Å². The molecule has 2 heterocycles. The molecule has 0 atom stereocenters. The van der Waals surface area contributed by atoms with E-state index in [0.29, 0.717) is 34.4 Å². The molecule has 1 aromatic carbocycles. The molecule has 1 aliphatic heterocycles. The van der Waals surface area contributed by atoms with Crippen LogP contribution < -0.4 is 10.6 Å². The first kappa shape index (κ1) is 20.5. The van der Waals surface area contributed by atoms with Crippen molar-refractivity contribution in [2.45, 2.75) is 25.3 Å². The summed E-state index contributed by atoms with van der Waals surface area (Å²) in [4.78, 5) is 9.56. The molecule has 5 N–H and O–H groups in total. The fourth-order valence-electron chi connectivity index (χ4n) is 2.97. The summed E-state index contributed by atoms with van der Waals surface area (Å²) < 4.78 is 0. The number of rotatable bonds is 7. The van der Waals surface area contributed by atoms with Gasteiger partial charge in [-0.15, -0.1) is 0 Å². The van der Waals surface area contributed by atoms with Crippen LogP contribution in [0.5, 0.6) is 0 Å². The molecule has 0 unspecified atom stereocenters. The van der Waals surface area contributed by atoms with Gasteiger partial charge in [0.1, 0.15) is 17.2 Å². The van der Waals surface area contributed by atoms with Gasteiger partial charge in [0, 0.05) is 36.8 Å². The second kappa shape index (κ2) is 8.83. The molecule has 29 heavy (non-hydrogen) atoms. The number of allylic oxidation sites excluding steroid dienone is 2. The molecule has 0 saturated heterocycles. The number of anilines is 1. The van der Waals surface area contributed by atoms with Crippen molar-refractivity contribution in [1.29, 1.82) is 16.2 Å². The van der Waals surface area contributed by atoms with Gasteiger partial charge >= 0.3 is 0 Å². The van der Waals surface area contributed by atoms with Crippen molar-refractivity contribution in [3.05, 3.63) is 59.1 Å². The Kier molecular flexibility index (Phi) is 6.23. The summed E-state index contributed by atoms with van der Waals surface area (Å²) in [5.74, 6) is 0.693. The molecular formula is C21H23N7S. The second-order valence-corrected chi connectivity index (χ2v) is 7.52. The lowest BCUT2D eigenvalue weighted by Crippen LogP contribution is -2.06. The van der Waals surface area contributed by atoms with Gasteiger partial charge in [-0.1, -0.05) is 36.0 Å². The highest BCUT2D eigenvalue weighted by Gasteiger charge is 2.29. The van der Waals surface area contributed by atoms with Crippen LogP contribution in [0.3, 0.4) is 0 Å². The van der Waals surface area contributed by atoms with Crippen molar-refractivity contribution in [3.63, 3.8) is 0 Å². The standard InChI is InChI=1S/C21H23N7S/c1-12(13(2)23)17-18-19(29-20(17)24)21(28-11-27-18)26-10-14-4-6-15(7-5-14)16(25-3)8-9-22/h4-9,11,22-25H,10H2,1-3H3,(H,26,27,28)/b16-8-,17-12-,22-9?,23-13?,24-20?. The van der Waals surface area contributed by atoms with E-state index in [1.807, 2.05) is 38.2 Å². The van der Waals surface area contributed by atoms with Crippen LogP contribution in [0.25, 0.3) is 11.3 Å². The van der Waals surface area contributed by atoms with Crippen LogP contribution in [0.1, 0.15) is 30.7 Å². The van der Waals surface area contributed by atoms with Crippen molar-refractivity contribution >= 4 is 45.8 Å². The number of nitrogens with one attached hydrogen (secondary N) is 5. The van der Waals surface area contributed by atoms with Crippen LogP contribution in [-0.4, -0.2) is 34.0 Å². The average molecular weight is 406 g/mol. The van der Waals surface area contributed by atoms with Crippen LogP contribution in [0, 0.1) is 16.2 Å². The quantitative estimate of drug-likeness (QED) is 0.442. The zero-order valence-electron chi connectivity index (χ0n) is 16.6. The number of benzene rings is 1. The van der Waals surface area contributed by atoms with Gasteiger partial charge in [-0.25, -0.2) is 9.97 Å². The van der Waals surface area contributed by atoms with Gasteiger partial charge in [-0.3, -0.25) is 5.41 Å². The summed E-state index contributed by atoms with van der Waals surface area (Å²) in [7, 11) is 1.83. The third-order valence-electron chi connectivity index (χ3n) is 4.65. The number of hydrogen-bond donors (Lipinski definition) is 5. The first-order valence-corrected chi connectivity index (χ1v) is 9.88. The summed E-state index contributed by atoms with van der Waals surface area (Å²) in [6.07, 6.45) is 4.47. The Bertz CT molecular complexity index is 1040. The van der Waals surface area contributed by atoms with E-state index in [1.54, 1.807) is 13.0 Å². The first-order chi connectivity index (χ1) is 14.0. The maximum Gasteiger partial charge on any atom is 0.144 e. The first-order valence-electron chi connectivity index (χ1n) is 9.06. The van der Waals surface area contributed by atoms with Crippen LogP contribution in [0.2, 0.25) is 0 Å². The Labute approximate surface area is 174 Å².